The summed E-state index contributed by atoms with van der Waals surface area (Å²) in [6, 6.07) is 7.45. The molecule has 5 nitrogen and oxygen atoms in total. The first-order valence-corrected chi connectivity index (χ1v) is 8.61. The second-order valence-electron chi connectivity index (χ2n) is 6.53. The number of nitrogens with one attached hydrogen (secondary N) is 1. The molecule has 0 aromatic heterocycles. The zero-order chi connectivity index (χ0) is 16.1. The summed E-state index contributed by atoms with van der Waals surface area (Å²) < 4.78 is 11.3. The van der Waals surface area contributed by atoms with E-state index in [0.717, 1.165) is 18.9 Å². The second kappa shape index (κ2) is 7.68. The van der Waals surface area contributed by atoms with E-state index in [4.69, 9.17) is 9.47 Å². The number of rotatable bonds is 5. The molecule has 1 saturated heterocycles. The van der Waals surface area contributed by atoms with E-state index in [2.05, 4.69) is 17.1 Å². The molecule has 2 aliphatic heterocycles. The number of benzene rings is 1. The van der Waals surface area contributed by atoms with Crippen LogP contribution < -0.4 is 14.8 Å². The van der Waals surface area contributed by atoms with Gasteiger partial charge in [-0.25, -0.2) is 0 Å². The lowest BCUT2D eigenvalue weighted by Crippen LogP contribution is -2.44. The van der Waals surface area contributed by atoms with Gasteiger partial charge in [0.25, 0.3) is 5.91 Å². The predicted molar refractivity (Wildman–Crippen MR) is 88.8 cm³/mol. The summed E-state index contributed by atoms with van der Waals surface area (Å²) in [6.07, 6.45) is 3.00. The Morgan fingerprint density at radius 1 is 1.26 bits per heavy atom. The van der Waals surface area contributed by atoms with Crippen LogP contribution in [0.1, 0.15) is 26.2 Å². The van der Waals surface area contributed by atoms with Crippen molar-refractivity contribution >= 4 is 5.91 Å². The largest absolute Gasteiger partial charge is 0.485 e. The van der Waals surface area contributed by atoms with Crippen LogP contribution in [0.25, 0.3) is 0 Å². The molecule has 1 aromatic rings. The summed E-state index contributed by atoms with van der Waals surface area (Å²) in [4.78, 5) is 14.7. The number of nitrogens with zero attached hydrogens (tertiary/aromatic N) is 1. The molecule has 2 aliphatic rings. The first-order chi connectivity index (χ1) is 11.2. The summed E-state index contributed by atoms with van der Waals surface area (Å²) in [5.41, 5.74) is 0. The number of likely N-dealkylation sites (tertiary alicyclic amines) is 1. The summed E-state index contributed by atoms with van der Waals surface area (Å²) in [5, 5.41) is 2.96. The Morgan fingerprint density at radius 2 is 2.00 bits per heavy atom. The molecule has 3 rings (SSSR count). The maximum Gasteiger partial charge on any atom is 0.264 e. The van der Waals surface area contributed by atoms with Crippen LogP contribution in [0.4, 0.5) is 0 Å². The molecule has 0 aliphatic carbocycles. The highest BCUT2D eigenvalue weighted by Crippen LogP contribution is 2.30. The van der Waals surface area contributed by atoms with Crippen LogP contribution in [-0.4, -0.2) is 49.7 Å². The van der Waals surface area contributed by atoms with E-state index in [0.29, 0.717) is 18.0 Å². The molecule has 1 atom stereocenters. The maximum absolute atomic E-state index is 12.2. The van der Waals surface area contributed by atoms with E-state index >= 15 is 0 Å². The third-order valence-corrected chi connectivity index (χ3v) is 4.63. The van der Waals surface area contributed by atoms with Gasteiger partial charge in [-0.2, -0.15) is 0 Å². The Kier molecular flexibility index (Phi) is 5.39. The van der Waals surface area contributed by atoms with E-state index in [1.807, 2.05) is 24.3 Å². The minimum Gasteiger partial charge on any atom is -0.485 e. The number of carbonyl (C=O) groups is 1. The zero-order valence-corrected chi connectivity index (χ0v) is 13.8. The van der Waals surface area contributed by atoms with Crippen LogP contribution in [0.5, 0.6) is 11.5 Å². The third kappa shape index (κ3) is 4.38. The van der Waals surface area contributed by atoms with Crippen LogP contribution in [0, 0.1) is 5.92 Å². The lowest BCUT2D eigenvalue weighted by molar-refractivity contribution is -0.130. The van der Waals surface area contributed by atoms with Gasteiger partial charge < -0.3 is 19.7 Å². The van der Waals surface area contributed by atoms with Crippen molar-refractivity contribution in [3.05, 3.63) is 24.3 Å². The van der Waals surface area contributed by atoms with Crippen LogP contribution >= 0.6 is 0 Å². The average Bonchev–Trinajstić information content (AvgIpc) is 2.59. The second-order valence-corrected chi connectivity index (χ2v) is 6.53. The van der Waals surface area contributed by atoms with Gasteiger partial charge in [0.2, 0.25) is 6.10 Å². The minimum absolute atomic E-state index is 0.0910. The van der Waals surface area contributed by atoms with Crippen molar-refractivity contribution in [3.63, 3.8) is 0 Å². The van der Waals surface area contributed by atoms with Gasteiger partial charge in [0.15, 0.2) is 11.5 Å². The van der Waals surface area contributed by atoms with E-state index in [9.17, 15) is 4.79 Å². The van der Waals surface area contributed by atoms with Crippen LogP contribution in [-0.2, 0) is 4.79 Å². The highest BCUT2D eigenvalue weighted by Gasteiger charge is 2.26. The zero-order valence-electron chi connectivity index (χ0n) is 13.8. The van der Waals surface area contributed by atoms with Gasteiger partial charge in [-0.15, -0.1) is 0 Å². The SMILES string of the molecule is CC1CCN(CCCNC(=O)C2COc3ccccc3O2)CC1. The minimum atomic E-state index is -0.555. The number of amides is 1. The molecule has 1 fully saturated rings. The number of fused-ring (bicyclic) bond motifs is 1. The van der Waals surface area contributed by atoms with Gasteiger partial charge in [-0.3, -0.25) is 4.79 Å². The predicted octanol–water partition coefficient (Wildman–Crippen LogP) is 2.06. The van der Waals surface area contributed by atoms with Gasteiger partial charge in [-0.1, -0.05) is 19.1 Å². The summed E-state index contributed by atoms with van der Waals surface area (Å²) in [7, 11) is 0. The Hall–Kier alpha value is -1.75. The van der Waals surface area contributed by atoms with Gasteiger partial charge in [0.1, 0.15) is 6.61 Å². The normalized spacial score (nSPS) is 21.9. The van der Waals surface area contributed by atoms with Gasteiger partial charge in [0, 0.05) is 6.54 Å². The molecule has 0 radical (unpaired) electrons. The van der Waals surface area contributed by atoms with E-state index in [1.54, 1.807) is 0 Å². The third-order valence-electron chi connectivity index (χ3n) is 4.63. The molecule has 0 saturated carbocycles. The molecule has 0 spiro atoms. The topological polar surface area (TPSA) is 50.8 Å². The van der Waals surface area contributed by atoms with Crippen molar-refractivity contribution in [2.45, 2.75) is 32.3 Å². The lowest BCUT2D eigenvalue weighted by atomic mass is 9.99. The smallest absolute Gasteiger partial charge is 0.264 e. The van der Waals surface area contributed by atoms with Crippen molar-refractivity contribution in [1.29, 1.82) is 0 Å². The van der Waals surface area contributed by atoms with Crippen LogP contribution in [0.2, 0.25) is 0 Å². The number of carbonyl (C=O) groups excluding carboxylic acids is 1. The van der Waals surface area contributed by atoms with Crippen molar-refractivity contribution in [3.8, 4) is 11.5 Å². The number of hydrogen-bond donors (Lipinski definition) is 1. The molecular weight excluding hydrogens is 292 g/mol. The molecule has 1 N–H and O–H groups in total. The average molecular weight is 318 g/mol. The summed E-state index contributed by atoms with van der Waals surface area (Å²) in [5.74, 6) is 2.11. The van der Waals surface area contributed by atoms with Crippen molar-refractivity contribution < 1.29 is 14.3 Å². The first-order valence-electron chi connectivity index (χ1n) is 8.61. The first kappa shape index (κ1) is 16.1. The molecule has 2 heterocycles. The Labute approximate surface area is 137 Å². The number of para-hydroxylation sites is 2. The fourth-order valence-corrected chi connectivity index (χ4v) is 3.06. The summed E-state index contributed by atoms with van der Waals surface area (Å²) >= 11 is 0. The van der Waals surface area contributed by atoms with E-state index < -0.39 is 6.10 Å². The fourth-order valence-electron chi connectivity index (χ4n) is 3.06. The number of hydrogen-bond acceptors (Lipinski definition) is 4. The highest BCUT2D eigenvalue weighted by molar-refractivity contribution is 5.81. The Morgan fingerprint density at radius 3 is 2.78 bits per heavy atom. The lowest BCUT2D eigenvalue weighted by Gasteiger charge is -2.30. The molecule has 1 unspecified atom stereocenters. The van der Waals surface area contributed by atoms with E-state index in [1.165, 1.54) is 25.9 Å². The molecule has 126 valence electrons. The van der Waals surface area contributed by atoms with Gasteiger partial charge in [-0.05, 0) is 56.9 Å². The van der Waals surface area contributed by atoms with Gasteiger partial charge in [0.05, 0.1) is 0 Å². The van der Waals surface area contributed by atoms with E-state index in [-0.39, 0.29) is 12.5 Å². The molecule has 1 amide bonds. The van der Waals surface area contributed by atoms with Crippen LogP contribution in [0.3, 0.4) is 0 Å². The molecular formula is C18H26N2O3. The number of ether oxygens (including phenoxy) is 2. The fraction of sp³-hybridized carbons (Fsp3) is 0.611. The highest BCUT2D eigenvalue weighted by atomic mass is 16.6. The Bertz CT molecular complexity index is 527. The molecule has 0 bridgehead atoms. The maximum atomic E-state index is 12.2. The van der Waals surface area contributed by atoms with Crippen molar-refractivity contribution in [2.24, 2.45) is 5.92 Å². The summed E-state index contributed by atoms with van der Waals surface area (Å²) in [6.45, 7) is 6.70. The molecule has 5 heteroatoms. The monoisotopic (exact) mass is 318 g/mol. The van der Waals surface area contributed by atoms with Crippen LogP contribution in [0.15, 0.2) is 24.3 Å². The number of piperidine rings is 1. The van der Waals surface area contributed by atoms with Gasteiger partial charge >= 0.3 is 0 Å². The van der Waals surface area contributed by atoms with Crippen molar-refractivity contribution in [1.82, 2.24) is 10.2 Å². The van der Waals surface area contributed by atoms with Crippen molar-refractivity contribution in [2.75, 3.05) is 32.8 Å². The molecule has 23 heavy (non-hydrogen) atoms. The quantitative estimate of drug-likeness (QED) is 0.845. The standard InChI is InChI=1S/C18H26N2O3/c1-14-7-11-20(12-8-14)10-4-9-19-18(21)17-13-22-15-5-2-3-6-16(15)23-17/h2-3,5-6,14,17H,4,7-13H2,1H3,(H,19,21). The molecule has 1 aromatic carbocycles. The Balaban J connectivity index is 1.35.